The van der Waals surface area contributed by atoms with Gasteiger partial charge in [0.1, 0.15) is 12.4 Å². The standard InChI is InChI=1S/C19H18ClN3O2/c1-23(11-12-25-16-5-3-2-4-6-16)19(24)17-13-21-22-18(17)14-7-9-15(20)10-8-14/h2-10,13H,11-12H2,1H3,(H,21,22). The minimum atomic E-state index is -0.115. The Kier molecular flexibility index (Phi) is 5.36. The van der Waals surface area contributed by atoms with Crippen molar-refractivity contribution in [2.45, 2.75) is 0 Å². The lowest BCUT2D eigenvalue weighted by Crippen LogP contribution is -2.31. The molecule has 0 aliphatic heterocycles. The maximum Gasteiger partial charge on any atom is 0.257 e. The molecule has 0 unspecified atom stereocenters. The van der Waals surface area contributed by atoms with Gasteiger partial charge in [-0.2, -0.15) is 5.10 Å². The molecule has 6 heteroatoms. The number of carbonyl (C=O) groups is 1. The molecule has 1 aromatic heterocycles. The highest BCUT2D eigenvalue weighted by atomic mass is 35.5. The molecule has 1 heterocycles. The molecule has 0 radical (unpaired) electrons. The van der Waals surface area contributed by atoms with E-state index in [2.05, 4.69) is 10.2 Å². The summed E-state index contributed by atoms with van der Waals surface area (Å²) in [5.74, 6) is 0.670. The Bertz CT molecular complexity index is 831. The summed E-state index contributed by atoms with van der Waals surface area (Å²) < 4.78 is 5.64. The molecule has 1 amide bonds. The van der Waals surface area contributed by atoms with Gasteiger partial charge in [0.2, 0.25) is 0 Å². The first-order valence-corrected chi connectivity index (χ1v) is 8.25. The molecule has 0 bridgehead atoms. The van der Waals surface area contributed by atoms with Crippen molar-refractivity contribution in [3.63, 3.8) is 0 Å². The van der Waals surface area contributed by atoms with Gasteiger partial charge in [0.25, 0.3) is 5.91 Å². The van der Waals surface area contributed by atoms with Crippen LogP contribution in [0.5, 0.6) is 5.75 Å². The average Bonchev–Trinajstić information content (AvgIpc) is 3.12. The van der Waals surface area contributed by atoms with E-state index < -0.39 is 0 Å². The third kappa shape index (κ3) is 4.19. The third-order valence-electron chi connectivity index (χ3n) is 3.79. The fourth-order valence-electron chi connectivity index (χ4n) is 2.41. The molecule has 3 rings (SSSR count). The van der Waals surface area contributed by atoms with Crippen LogP contribution in [0.2, 0.25) is 5.02 Å². The molecule has 3 aromatic rings. The molecule has 2 aromatic carbocycles. The van der Waals surface area contributed by atoms with Gasteiger partial charge in [0.15, 0.2) is 0 Å². The number of H-pyrrole nitrogens is 1. The number of nitrogens with zero attached hydrogens (tertiary/aromatic N) is 2. The number of aromatic nitrogens is 2. The van der Waals surface area contributed by atoms with E-state index in [9.17, 15) is 4.79 Å². The van der Waals surface area contributed by atoms with Gasteiger partial charge in [0.05, 0.1) is 24.0 Å². The monoisotopic (exact) mass is 355 g/mol. The number of carbonyl (C=O) groups excluding carboxylic acids is 1. The van der Waals surface area contributed by atoms with E-state index in [1.54, 1.807) is 30.3 Å². The molecule has 0 aliphatic carbocycles. The van der Waals surface area contributed by atoms with Crippen LogP contribution in [0.3, 0.4) is 0 Å². The summed E-state index contributed by atoms with van der Waals surface area (Å²) in [6.07, 6.45) is 1.54. The van der Waals surface area contributed by atoms with Gasteiger partial charge < -0.3 is 9.64 Å². The van der Waals surface area contributed by atoms with E-state index in [0.717, 1.165) is 11.3 Å². The lowest BCUT2D eigenvalue weighted by molar-refractivity contribution is 0.0774. The van der Waals surface area contributed by atoms with Crippen LogP contribution in [0.1, 0.15) is 10.4 Å². The number of para-hydroxylation sites is 1. The predicted molar refractivity (Wildman–Crippen MR) is 97.9 cm³/mol. The van der Waals surface area contributed by atoms with Crippen molar-refractivity contribution in [1.29, 1.82) is 0 Å². The summed E-state index contributed by atoms with van der Waals surface area (Å²) in [4.78, 5) is 14.3. The number of amides is 1. The second kappa shape index (κ2) is 7.85. The molecular formula is C19H18ClN3O2. The van der Waals surface area contributed by atoms with E-state index in [4.69, 9.17) is 16.3 Å². The fraction of sp³-hybridized carbons (Fsp3) is 0.158. The Balaban J connectivity index is 1.65. The van der Waals surface area contributed by atoms with E-state index in [1.165, 1.54) is 0 Å². The van der Waals surface area contributed by atoms with Crippen LogP contribution in [0.25, 0.3) is 11.3 Å². The zero-order chi connectivity index (χ0) is 17.6. The van der Waals surface area contributed by atoms with Crippen molar-refractivity contribution in [3.05, 3.63) is 71.4 Å². The van der Waals surface area contributed by atoms with Crippen LogP contribution < -0.4 is 4.74 Å². The lowest BCUT2D eigenvalue weighted by atomic mass is 10.1. The van der Waals surface area contributed by atoms with Crippen molar-refractivity contribution in [2.24, 2.45) is 0 Å². The summed E-state index contributed by atoms with van der Waals surface area (Å²) in [6.45, 7) is 0.888. The fourth-order valence-corrected chi connectivity index (χ4v) is 2.54. The van der Waals surface area contributed by atoms with Crippen molar-refractivity contribution in [1.82, 2.24) is 15.1 Å². The molecule has 0 atom stereocenters. The highest BCUT2D eigenvalue weighted by Crippen LogP contribution is 2.23. The highest BCUT2D eigenvalue weighted by molar-refractivity contribution is 6.30. The number of nitrogens with one attached hydrogen (secondary N) is 1. The maximum atomic E-state index is 12.7. The Morgan fingerprint density at radius 1 is 1.16 bits per heavy atom. The molecule has 25 heavy (non-hydrogen) atoms. The average molecular weight is 356 g/mol. The van der Waals surface area contributed by atoms with E-state index in [0.29, 0.717) is 29.4 Å². The quantitative estimate of drug-likeness (QED) is 0.730. The van der Waals surface area contributed by atoms with Crippen LogP contribution in [0, 0.1) is 0 Å². The molecule has 1 N–H and O–H groups in total. The molecule has 5 nitrogen and oxygen atoms in total. The smallest absolute Gasteiger partial charge is 0.257 e. The Labute approximate surface area is 151 Å². The highest BCUT2D eigenvalue weighted by Gasteiger charge is 2.18. The zero-order valence-electron chi connectivity index (χ0n) is 13.8. The van der Waals surface area contributed by atoms with Crippen LogP contribution in [-0.4, -0.2) is 41.2 Å². The molecule has 0 saturated carbocycles. The van der Waals surface area contributed by atoms with Gasteiger partial charge in [-0.15, -0.1) is 0 Å². The molecule has 0 aliphatic rings. The number of rotatable bonds is 6. The summed E-state index contributed by atoms with van der Waals surface area (Å²) in [5.41, 5.74) is 2.06. The SMILES string of the molecule is CN(CCOc1ccccc1)C(=O)c1cn[nH]c1-c1ccc(Cl)cc1. The van der Waals surface area contributed by atoms with Gasteiger partial charge in [-0.25, -0.2) is 0 Å². The number of likely N-dealkylation sites (N-methyl/N-ethyl adjacent to an activating group) is 1. The van der Waals surface area contributed by atoms with E-state index >= 15 is 0 Å². The van der Waals surface area contributed by atoms with E-state index in [-0.39, 0.29) is 5.91 Å². The number of hydrogen-bond donors (Lipinski definition) is 1. The van der Waals surface area contributed by atoms with Crippen molar-refractivity contribution in [3.8, 4) is 17.0 Å². The first-order valence-electron chi connectivity index (χ1n) is 7.88. The Hall–Kier alpha value is -2.79. The summed E-state index contributed by atoms with van der Waals surface area (Å²) in [7, 11) is 1.75. The Morgan fingerprint density at radius 2 is 1.88 bits per heavy atom. The first kappa shape index (κ1) is 17.0. The maximum absolute atomic E-state index is 12.7. The molecular weight excluding hydrogens is 338 g/mol. The normalized spacial score (nSPS) is 10.5. The van der Waals surface area contributed by atoms with Gasteiger partial charge >= 0.3 is 0 Å². The zero-order valence-corrected chi connectivity index (χ0v) is 14.5. The number of ether oxygens (including phenoxy) is 1. The van der Waals surface area contributed by atoms with Crippen LogP contribution in [-0.2, 0) is 0 Å². The largest absolute Gasteiger partial charge is 0.492 e. The van der Waals surface area contributed by atoms with Crippen molar-refractivity contribution in [2.75, 3.05) is 20.2 Å². The van der Waals surface area contributed by atoms with Gasteiger partial charge in [-0.05, 0) is 24.3 Å². The number of hydrogen-bond acceptors (Lipinski definition) is 3. The lowest BCUT2D eigenvalue weighted by Gasteiger charge is -2.17. The minimum absolute atomic E-state index is 0.115. The predicted octanol–water partition coefficient (Wildman–Crippen LogP) is 3.88. The second-order valence-electron chi connectivity index (χ2n) is 5.55. The van der Waals surface area contributed by atoms with Gasteiger partial charge in [-0.1, -0.05) is 41.9 Å². The molecule has 0 spiro atoms. The van der Waals surface area contributed by atoms with Crippen molar-refractivity contribution >= 4 is 17.5 Å². The third-order valence-corrected chi connectivity index (χ3v) is 4.04. The minimum Gasteiger partial charge on any atom is -0.492 e. The first-order chi connectivity index (χ1) is 12.1. The summed E-state index contributed by atoms with van der Waals surface area (Å²) in [6, 6.07) is 16.8. The van der Waals surface area contributed by atoms with Gasteiger partial charge in [-0.3, -0.25) is 9.89 Å². The summed E-state index contributed by atoms with van der Waals surface area (Å²) in [5, 5.41) is 7.55. The molecule has 128 valence electrons. The van der Waals surface area contributed by atoms with Crippen LogP contribution in [0.15, 0.2) is 60.8 Å². The van der Waals surface area contributed by atoms with E-state index in [1.807, 2.05) is 42.5 Å². The molecule has 0 fully saturated rings. The van der Waals surface area contributed by atoms with Gasteiger partial charge in [0, 0.05) is 17.6 Å². The number of aromatic amines is 1. The van der Waals surface area contributed by atoms with Crippen molar-refractivity contribution < 1.29 is 9.53 Å². The van der Waals surface area contributed by atoms with Crippen LogP contribution >= 0.6 is 11.6 Å². The summed E-state index contributed by atoms with van der Waals surface area (Å²) >= 11 is 5.92. The second-order valence-corrected chi connectivity index (χ2v) is 5.99. The number of halogens is 1. The number of benzene rings is 2. The van der Waals surface area contributed by atoms with Crippen LogP contribution in [0.4, 0.5) is 0 Å². The molecule has 0 saturated heterocycles. The Morgan fingerprint density at radius 3 is 2.60 bits per heavy atom. The topological polar surface area (TPSA) is 58.2 Å².